The lowest BCUT2D eigenvalue weighted by Gasteiger charge is -2.29. The summed E-state index contributed by atoms with van der Waals surface area (Å²) in [7, 11) is 1.63. The van der Waals surface area contributed by atoms with Crippen LogP contribution in [0.4, 0.5) is 5.69 Å². The topological polar surface area (TPSA) is 211 Å². The molecule has 2 fully saturated rings. The van der Waals surface area contributed by atoms with Gasteiger partial charge in [0.1, 0.15) is 23.2 Å². The van der Waals surface area contributed by atoms with E-state index in [0.29, 0.717) is 66.9 Å². The number of anilines is 1. The van der Waals surface area contributed by atoms with Gasteiger partial charge >= 0.3 is 0 Å². The molecule has 60 heavy (non-hydrogen) atoms. The molecule has 9 rings (SSSR count). The third-order valence-electron chi connectivity index (χ3n) is 11.6. The summed E-state index contributed by atoms with van der Waals surface area (Å²) >= 11 is 0. The minimum absolute atomic E-state index is 0.0347. The summed E-state index contributed by atoms with van der Waals surface area (Å²) < 4.78 is 19.2. The maximum absolute atomic E-state index is 13.7. The molecule has 2 aromatic carbocycles. The number of benzene rings is 2. The number of methoxy groups -OCH3 is 1. The van der Waals surface area contributed by atoms with Gasteiger partial charge in [-0.2, -0.15) is 5.10 Å². The van der Waals surface area contributed by atoms with Gasteiger partial charge < -0.3 is 34.5 Å². The number of nitrogens with one attached hydrogen (secondary N) is 4. The molecule has 4 aromatic heterocycles. The Balaban J connectivity index is 0.886. The molecule has 1 unspecified atom stereocenters. The van der Waals surface area contributed by atoms with Gasteiger partial charge in [-0.05, 0) is 70.4 Å². The van der Waals surface area contributed by atoms with Crippen LogP contribution in [0.3, 0.4) is 0 Å². The number of carbonyl (C=O) groups excluding carboxylic acids is 4. The number of aryl methyl sites for hydroxylation is 3. The molecule has 1 saturated heterocycles. The monoisotopic (exact) mass is 814 g/mol. The van der Waals surface area contributed by atoms with Crippen molar-refractivity contribution in [3.05, 3.63) is 81.9 Å². The molecule has 17 heteroatoms. The number of ether oxygens (including phenoxy) is 2. The van der Waals surface area contributed by atoms with E-state index >= 15 is 0 Å². The Morgan fingerprint density at radius 2 is 1.87 bits per heavy atom. The molecule has 3 aliphatic rings. The first-order valence-corrected chi connectivity index (χ1v) is 20.4. The summed E-state index contributed by atoms with van der Waals surface area (Å²) in [6, 6.07) is 10.9. The van der Waals surface area contributed by atoms with Gasteiger partial charge in [-0.3, -0.25) is 29.2 Å². The number of imide groups is 1. The Morgan fingerprint density at radius 1 is 1.03 bits per heavy atom. The molecule has 1 saturated carbocycles. The number of nitrogens with zero attached hydrogens (tertiary/aromatic N) is 6. The van der Waals surface area contributed by atoms with Gasteiger partial charge in [0.2, 0.25) is 17.6 Å². The predicted molar refractivity (Wildman–Crippen MR) is 220 cm³/mol. The van der Waals surface area contributed by atoms with Crippen LogP contribution in [0.25, 0.3) is 33.1 Å². The average molecular weight is 815 g/mol. The van der Waals surface area contributed by atoms with E-state index in [0.717, 1.165) is 68.6 Å². The highest BCUT2D eigenvalue weighted by Crippen LogP contribution is 2.42. The number of amides is 4. The highest BCUT2D eigenvalue weighted by Gasteiger charge is 2.40. The van der Waals surface area contributed by atoms with Gasteiger partial charge in [-0.15, -0.1) is 0 Å². The zero-order valence-electron chi connectivity index (χ0n) is 33.9. The smallest absolute Gasteiger partial charge is 0.289 e. The van der Waals surface area contributed by atoms with Gasteiger partial charge in [-0.25, -0.2) is 9.97 Å². The molecule has 310 valence electrons. The normalized spacial score (nSPS) is 16.5. The molecule has 0 bridgehead atoms. The SMILES string of the molecule is CCn1nc(C2CC2)cc1Cc1nc(C(=O)NCCOCCNc2cccc3c2CN(C2CCC(=O)NC2=O)C3=O)nc2[nH]c3cc(-c4c(C)noc4C)c(OC)cc3c12. The van der Waals surface area contributed by atoms with Gasteiger partial charge in [0, 0.05) is 89.3 Å². The third kappa shape index (κ3) is 7.22. The van der Waals surface area contributed by atoms with Crippen molar-refractivity contribution in [2.24, 2.45) is 0 Å². The molecule has 0 spiro atoms. The number of hydrogen-bond acceptors (Lipinski definition) is 12. The van der Waals surface area contributed by atoms with E-state index < -0.39 is 17.9 Å². The largest absolute Gasteiger partial charge is 0.496 e. The average Bonchev–Trinajstić information content (AvgIpc) is 3.61. The lowest BCUT2D eigenvalue weighted by Crippen LogP contribution is -2.52. The van der Waals surface area contributed by atoms with Crippen LogP contribution in [-0.4, -0.2) is 97.9 Å². The number of carbonyl (C=O) groups is 4. The number of H-pyrrole nitrogens is 1. The first kappa shape index (κ1) is 38.9. The zero-order valence-corrected chi connectivity index (χ0v) is 33.9. The second kappa shape index (κ2) is 15.9. The van der Waals surface area contributed by atoms with E-state index in [9.17, 15) is 19.2 Å². The van der Waals surface area contributed by atoms with Crippen LogP contribution >= 0.6 is 0 Å². The van der Waals surface area contributed by atoms with Crippen molar-refractivity contribution in [1.82, 2.24) is 45.4 Å². The van der Waals surface area contributed by atoms with E-state index in [1.807, 2.05) is 36.7 Å². The summed E-state index contributed by atoms with van der Waals surface area (Å²) in [6.07, 6.45) is 3.22. The van der Waals surface area contributed by atoms with Gasteiger partial charge in [-0.1, -0.05) is 11.2 Å². The number of fused-ring (bicyclic) bond motifs is 4. The second-order valence-corrected chi connectivity index (χ2v) is 15.5. The van der Waals surface area contributed by atoms with Crippen LogP contribution in [0.2, 0.25) is 0 Å². The number of piperidine rings is 1. The molecule has 6 heterocycles. The van der Waals surface area contributed by atoms with E-state index in [-0.39, 0.29) is 43.8 Å². The maximum atomic E-state index is 13.7. The molecule has 1 aliphatic carbocycles. The van der Waals surface area contributed by atoms with Crippen LogP contribution in [-0.2, 0) is 33.8 Å². The Kier molecular flexibility index (Phi) is 10.3. The first-order chi connectivity index (χ1) is 29.1. The van der Waals surface area contributed by atoms with Crippen LogP contribution in [0.15, 0.2) is 40.9 Å². The number of hydrogen-bond donors (Lipinski definition) is 4. The third-order valence-corrected chi connectivity index (χ3v) is 11.6. The van der Waals surface area contributed by atoms with Crippen LogP contribution < -0.4 is 20.7 Å². The van der Waals surface area contributed by atoms with E-state index in [1.54, 1.807) is 19.2 Å². The van der Waals surface area contributed by atoms with E-state index in [2.05, 4.69) is 39.1 Å². The van der Waals surface area contributed by atoms with Crippen LogP contribution in [0, 0.1) is 13.8 Å². The minimum Gasteiger partial charge on any atom is -0.496 e. The molecule has 1 atom stereocenters. The fourth-order valence-corrected chi connectivity index (χ4v) is 8.43. The highest BCUT2D eigenvalue weighted by atomic mass is 16.5. The van der Waals surface area contributed by atoms with E-state index in [1.165, 1.54) is 4.90 Å². The Bertz CT molecular complexity index is 2670. The Labute approximate surface area is 344 Å². The van der Waals surface area contributed by atoms with Crippen molar-refractivity contribution in [2.75, 3.05) is 38.7 Å². The maximum Gasteiger partial charge on any atom is 0.289 e. The second-order valence-electron chi connectivity index (χ2n) is 15.5. The van der Waals surface area contributed by atoms with Crippen molar-refractivity contribution in [1.29, 1.82) is 0 Å². The standard InChI is InChI=1S/C43H46N10O7/c1-5-53-25(17-31(50-53)24-9-10-24)18-33-38-27-20-35(58-4)28(37-22(2)51-60-23(37)3)19-32(27)46-39(38)49-40(47-33)42(56)45-14-16-59-15-13-44-30-8-6-7-26-29(30)21-52(43(26)57)34-11-12-36(54)48-41(34)55/h6-8,17,19-20,24,34,44H,5,9-16,18,21H2,1-4H3,(H,45,56)(H,46,47,49)(H,48,54,55). The van der Waals surface area contributed by atoms with Crippen molar-refractivity contribution in [3.63, 3.8) is 0 Å². The lowest BCUT2D eigenvalue weighted by molar-refractivity contribution is -0.136. The molecular formula is C43H46N10O7. The molecule has 17 nitrogen and oxygen atoms in total. The summed E-state index contributed by atoms with van der Waals surface area (Å²) in [4.78, 5) is 65.6. The minimum atomic E-state index is -0.682. The van der Waals surface area contributed by atoms with Gasteiger partial charge in [0.25, 0.3) is 11.8 Å². The molecule has 6 aromatic rings. The quantitative estimate of drug-likeness (QED) is 0.0822. The molecule has 4 amide bonds. The summed E-state index contributed by atoms with van der Waals surface area (Å²) in [6.45, 7) is 8.06. The molecule has 2 aliphatic heterocycles. The summed E-state index contributed by atoms with van der Waals surface area (Å²) in [5, 5.41) is 19.3. The van der Waals surface area contributed by atoms with Crippen molar-refractivity contribution < 1.29 is 33.2 Å². The highest BCUT2D eigenvalue weighted by molar-refractivity contribution is 6.10. The van der Waals surface area contributed by atoms with Crippen molar-refractivity contribution in [2.45, 2.75) is 77.9 Å². The summed E-state index contributed by atoms with van der Waals surface area (Å²) in [5.74, 6) is 0.424. The van der Waals surface area contributed by atoms with E-state index in [4.69, 9.17) is 29.1 Å². The van der Waals surface area contributed by atoms with Gasteiger partial charge in [0.05, 0.1) is 43.0 Å². The van der Waals surface area contributed by atoms with Crippen molar-refractivity contribution in [3.8, 4) is 16.9 Å². The van der Waals surface area contributed by atoms with Crippen molar-refractivity contribution >= 4 is 51.3 Å². The number of aromatic nitrogens is 6. The number of rotatable bonds is 15. The molecule has 0 radical (unpaired) electrons. The lowest BCUT2D eigenvalue weighted by atomic mass is 10.00. The molecule has 4 N–H and O–H groups in total. The fourth-order valence-electron chi connectivity index (χ4n) is 8.43. The first-order valence-electron chi connectivity index (χ1n) is 20.4. The Morgan fingerprint density at radius 3 is 2.62 bits per heavy atom. The Hall–Kier alpha value is -6.62. The zero-order chi connectivity index (χ0) is 41.7. The van der Waals surface area contributed by atoms with Crippen LogP contribution in [0.5, 0.6) is 5.75 Å². The summed E-state index contributed by atoms with van der Waals surface area (Å²) in [5.41, 5.74) is 8.67. The fraction of sp³-hybridized carbons (Fsp3) is 0.395. The molecular weight excluding hydrogens is 769 g/mol. The van der Waals surface area contributed by atoms with Gasteiger partial charge in [0.15, 0.2) is 0 Å². The number of aromatic amines is 1. The predicted octanol–water partition coefficient (Wildman–Crippen LogP) is 4.70. The van der Waals surface area contributed by atoms with Crippen LogP contribution in [0.1, 0.15) is 93.6 Å².